The Balaban J connectivity index is 1.05. The van der Waals surface area contributed by atoms with Crippen LogP contribution in [-0.2, 0) is 22.7 Å². The van der Waals surface area contributed by atoms with Crippen molar-refractivity contribution >= 4 is 39.3 Å². The lowest BCUT2D eigenvalue weighted by atomic mass is 9.89. The summed E-state index contributed by atoms with van der Waals surface area (Å²) in [7, 11) is 0. The number of benzene rings is 2. The molecule has 2 aromatic carbocycles. The van der Waals surface area contributed by atoms with Gasteiger partial charge in [-0.25, -0.2) is 9.97 Å². The Morgan fingerprint density at radius 1 is 0.976 bits per heavy atom. The number of fused-ring (bicyclic) bond motifs is 2. The summed E-state index contributed by atoms with van der Waals surface area (Å²) in [6.45, 7) is 5.15. The maximum atomic E-state index is 13.0. The molecule has 3 aliphatic heterocycles. The number of likely N-dealkylation sites (tertiary alicyclic amines) is 1. The summed E-state index contributed by atoms with van der Waals surface area (Å²) in [5, 5.41) is 5.79. The van der Waals surface area contributed by atoms with E-state index in [0.717, 1.165) is 48.7 Å². The zero-order valence-electron chi connectivity index (χ0n) is 22.9. The van der Waals surface area contributed by atoms with Crippen molar-refractivity contribution in [2.75, 3.05) is 13.1 Å². The summed E-state index contributed by atoms with van der Waals surface area (Å²) in [4.78, 5) is 51.9. The smallest absolute Gasteiger partial charge is 0.255 e. The van der Waals surface area contributed by atoms with Crippen LogP contribution in [0.25, 0.3) is 21.3 Å². The molecular formula is C32H31N5O3S. The number of piperidine rings is 2. The summed E-state index contributed by atoms with van der Waals surface area (Å²) >= 11 is 1.70. The molecule has 2 aromatic heterocycles. The van der Waals surface area contributed by atoms with Crippen LogP contribution < -0.4 is 5.32 Å². The van der Waals surface area contributed by atoms with Gasteiger partial charge in [-0.3, -0.25) is 24.6 Å². The van der Waals surface area contributed by atoms with E-state index >= 15 is 0 Å². The first kappa shape index (κ1) is 26.0. The number of imide groups is 1. The minimum atomic E-state index is -0.586. The van der Waals surface area contributed by atoms with Crippen LogP contribution in [0.4, 0.5) is 0 Å². The molecular weight excluding hydrogens is 534 g/mol. The van der Waals surface area contributed by atoms with Crippen molar-refractivity contribution in [1.82, 2.24) is 25.1 Å². The van der Waals surface area contributed by atoms with E-state index in [1.165, 1.54) is 27.8 Å². The molecule has 208 valence electrons. The molecule has 1 N–H and O–H groups in total. The quantitative estimate of drug-likeness (QED) is 0.349. The number of thiophene rings is 1. The fourth-order valence-electron chi connectivity index (χ4n) is 6.55. The Bertz CT molecular complexity index is 1680. The van der Waals surface area contributed by atoms with E-state index in [4.69, 9.17) is 9.97 Å². The molecule has 5 heterocycles. The van der Waals surface area contributed by atoms with E-state index in [-0.39, 0.29) is 24.1 Å². The van der Waals surface area contributed by atoms with E-state index in [9.17, 15) is 14.4 Å². The van der Waals surface area contributed by atoms with Gasteiger partial charge in [0.25, 0.3) is 5.91 Å². The van der Waals surface area contributed by atoms with Gasteiger partial charge in [0.2, 0.25) is 11.8 Å². The van der Waals surface area contributed by atoms with Gasteiger partial charge >= 0.3 is 0 Å². The van der Waals surface area contributed by atoms with Crippen molar-refractivity contribution in [3.63, 3.8) is 0 Å². The number of rotatable bonds is 5. The van der Waals surface area contributed by atoms with Crippen LogP contribution in [-0.4, -0.2) is 56.6 Å². The molecule has 8 nitrogen and oxygen atoms in total. The van der Waals surface area contributed by atoms with Crippen LogP contribution in [0.15, 0.2) is 53.9 Å². The van der Waals surface area contributed by atoms with Crippen molar-refractivity contribution in [3.05, 3.63) is 82.1 Å². The van der Waals surface area contributed by atoms with Gasteiger partial charge < -0.3 is 4.90 Å². The summed E-state index contributed by atoms with van der Waals surface area (Å²) < 4.78 is 0. The topological polar surface area (TPSA) is 95.5 Å². The minimum Gasteiger partial charge on any atom is -0.322 e. The minimum absolute atomic E-state index is 0.128. The van der Waals surface area contributed by atoms with Crippen LogP contribution in [0, 0.1) is 6.92 Å². The lowest BCUT2D eigenvalue weighted by Gasteiger charge is -2.32. The predicted molar refractivity (Wildman–Crippen MR) is 157 cm³/mol. The second kappa shape index (κ2) is 10.5. The Morgan fingerprint density at radius 2 is 1.78 bits per heavy atom. The molecule has 7 rings (SSSR count). The van der Waals surface area contributed by atoms with Crippen molar-refractivity contribution in [1.29, 1.82) is 0 Å². The normalized spacial score (nSPS) is 20.1. The van der Waals surface area contributed by atoms with E-state index in [0.29, 0.717) is 24.4 Å². The Labute approximate surface area is 242 Å². The third-order valence-corrected chi connectivity index (χ3v) is 9.50. The lowest BCUT2D eigenvalue weighted by molar-refractivity contribution is -0.136. The standard InChI is InChI=1S/C32H31N5O3S/c1-19-33-29(28-25(18-41-31(28)34-19)21-5-3-2-4-6-21)22-11-13-36(14-12-22)16-20-7-8-24-23(15-20)17-37(32(24)40)26-9-10-27(38)35-30(26)39/h2-8,15,18,22,26H,9-14,16-17H2,1H3,(H,35,38,39). The van der Waals surface area contributed by atoms with Crippen molar-refractivity contribution < 1.29 is 14.4 Å². The Hall–Kier alpha value is -3.95. The number of hydrogen-bond donors (Lipinski definition) is 1. The fraction of sp³-hybridized carbons (Fsp3) is 0.344. The number of aromatic nitrogens is 2. The summed E-state index contributed by atoms with van der Waals surface area (Å²) in [5.74, 6) is 0.437. The van der Waals surface area contributed by atoms with Crippen LogP contribution >= 0.6 is 11.3 Å². The van der Waals surface area contributed by atoms with Crippen molar-refractivity contribution in [2.45, 2.75) is 57.7 Å². The van der Waals surface area contributed by atoms with Gasteiger partial charge in [0.05, 0.1) is 5.69 Å². The maximum absolute atomic E-state index is 13.0. The number of carbonyl (C=O) groups excluding carboxylic acids is 3. The summed E-state index contributed by atoms with van der Waals surface area (Å²) in [6.07, 6.45) is 2.70. The number of aryl methyl sites for hydroxylation is 1. The zero-order valence-corrected chi connectivity index (χ0v) is 23.7. The molecule has 0 saturated carbocycles. The van der Waals surface area contributed by atoms with Gasteiger partial charge in [0.15, 0.2) is 0 Å². The maximum Gasteiger partial charge on any atom is 0.255 e. The summed E-state index contributed by atoms with van der Waals surface area (Å²) in [5.41, 5.74) is 6.39. The number of nitrogens with zero attached hydrogens (tertiary/aromatic N) is 4. The van der Waals surface area contributed by atoms with Gasteiger partial charge in [-0.1, -0.05) is 42.5 Å². The SMILES string of the molecule is Cc1nc(C2CCN(Cc3ccc4c(c3)CN(C3CCC(=O)NC3=O)C4=O)CC2)c2c(-c3ccccc3)csc2n1. The highest BCUT2D eigenvalue weighted by Crippen LogP contribution is 2.40. The van der Waals surface area contributed by atoms with Gasteiger partial charge in [-0.2, -0.15) is 0 Å². The average Bonchev–Trinajstić information content (AvgIpc) is 3.54. The highest BCUT2D eigenvalue weighted by atomic mass is 32.1. The van der Waals surface area contributed by atoms with Crippen LogP contribution in [0.3, 0.4) is 0 Å². The first-order chi connectivity index (χ1) is 19.9. The molecule has 0 bridgehead atoms. The molecule has 3 aliphatic rings. The molecule has 2 fully saturated rings. The molecule has 4 aromatic rings. The second-order valence-electron chi connectivity index (χ2n) is 11.3. The molecule has 1 unspecified atom stereocenters. The molecule has 0 spiro atoms. The third kappa shape index (κ3) is 4.83. The van der Waals surface area contributed by atoms with Crippen LogP contribution in [0.2, 0.25) is 0 Å². The largest absolute Gasteiger partial charge is 0.322 e. The molecule has 3 amide bonds. The van der Waals surface area contributed by atoms with E-state index in [2.05, 4.69) is 45.9 Å². The highest BCUT2D eigenvalue weighted by Gasteiger charge is 2.39. The number of amides is 3. The van der Waals surface area contributed by atoms with Crippen LogP contribution in [0.5, 0.6) is 0 Å². The molecule has 1 atom stereocenters. The first-order valence-electron chi connectivity index (χ1n) is 14.2. The van der Waals surface area contributed by atoms with Gasteiger partial charge in [-0.15, -0.1) is 11.3 Å². The van der Waals surface area contributed by atoms with Crippen molar-refractivity contribution in [2.24, 2.45) is 0 Å². The fourth-order valence-corrected chi connectivity index (χ4v) is 7.55. The summed E-state index contributed by atoms with van der Waals surface area (Å²) in [6, 6.07) is 16.0. The molecule has 2 saturated heterocycles. The molecule has 0 aliphatic carbocycles. The highest BCUT2D eigenvalue weighted by molar-refractivity contribution is 7.17. The van der Waals surface area contributed by atoms with Crippen LogP contribution in [0.1, 0.15) is 64.6 Å². The van der Waals surface area contributed by atoms with E-state index < -0.39 is 6.04 Å². The van der Waals surface area contributed by atoms with Gasteiger partial charge in [0, 0.05) is 47.3 Å². The number of carbonyl (C=O) groups is 3. The van der Waals surface area contributed by atoms with E-state index in [1.807, 2.05) is 25.1 Å². The zero-order chi connectivity index (χ0) is 28.1. The number of nitrogens with one attached hydrogen (secondary N) is 1. The average molecular weight is 566 g/mol. The van der Waals surface area contributed by atoms with Gasteiger partial charge in [0.1, 0.15) is 16.7 Å². The molecule has 9 heteroatoms. The van der Waals surface area contributed by atoms with Gasteiger partial charge in [-0.05, 0) is 62.0 Å². The Kier molecular flexibility index (Phi) is 6.63. The lowest BCUT2D eigenvalue weighted by Crippen LogP contribution is -2.52. The monoisotopic (exact) mass is 565 g/mol. The first-order valence-corrected chi connectivity index (χ1v) is 15.1. The van der Waals surface area contributed by atoms with Crippen molar-refractivity contribution in [3.8, 4) is 11.1 Å². The van der Waals surface area contributed by atoms with E-state index in [1.54, 1.807) is 16.2 Å². The molecule has 0 radical (unpaired) electrons. The predicted octanol–water partition coefficient (Wildman–Crippen LogP) is 4.81. The third-order valence-electron chi connectivity index (χ3n) is 8.63. The Morgan fingerprint density at radius 3 is 2.56 bits per heavy atom. The molecule has 41 heavy (non-hydrogen) atoms. The number of hydrogen-bond acceptors (Lipinski definition) is 7. The second-order valence-corrected chi connectivity index (χ2v) is 12.2.